The van der Waals surface area contributed by atoms with Gasteiger partial charge < -0.3 is 4.57 Å². The summed E-state index contributed by atoms with van der Waals surface area (Å²) in [6.07, 6.45) is 8.16. The normalized spacial score (nSPS) is 22.5. The molecular formula is C16H17BrN2. The lowest BCUT2D eigenvalue weighted by atomic mass is 9.95. The van der Waals surface area contributed by atoms with E-state index >= 15 is 0 Å². The highest BCUT2D eigenvalue weighted by molar-refractivity contribution is 9.10. The van der Waals surface area contributed by atoms with Gasteiger partial charge in [0.2, 0.25) is 0 Å². The number of halogens is 1. The first-order chi connectivity index (χ1) is 9.25. The van der Waals surface area contributed by atoms with Crippen LogP contribution in [0, 0.1) is 0 Å². The van der Waals surface area contributed by atoms with Gasteiger partial charge >= 0.3 is 0 Å². The summed E-state index contributed by atoms with van der Waals surface area (Å²) in [5, 5.41) is 1.43. The monoisotopic (exact) mass is 316 g/mol. The molecule has 2 aliphatic heterocycles. The van der Waals surface area contributed by atoms with Gasteiger partial charge in [-0.05, 0) is 44.0 Å². The Hall–Kier alpha value is -1.06. The zero-order valence-electron chi connectivity index (χ0n) is 11.1. The van der Waals surface area contributed by atoms with E-state index in [9.17, 15) is 0 Å². The fraction of sp³-hybridized carbons (Fsp3) is 0.375. The number of hydrogen-bond acceptors (Lipinski definition) is 1. The lowest BCUT2D eigenvalue weighted by Gasteiger charge is -2.33. The van der Waals surface area contributed by atoms with Gasteiger partial charge in [0.15, 0.2) is 0 Å². The SMILES string of the molecule is CN1CCc2c3n(c4cc(Br)ccc24)C=CCC[C@@H]31. The molecule has 0 saturated heterocycles. The fourth-order valence-electron chi connectivity index (χ4n) is 3.60. The predicted molar refractivity (Wildman–Crippen MR) is 83.3 cm³/mol. The minimum absolute atomic E-state index is 0.574. The van der Waals surface area contributed by atoms with Gasteiger partial charge in [-0.1, -0.05) is 28.1 Å². The average molecular weight is 317 g/mol. The smallest absolute Gasteiger partial charge is 0.0540 e. The van der Waals surface area contributed by atoms with Gasteiger partial charge in [0.25, 0.3) is 0 Å². The van der Waals surface area contributed by atoms with E-state index in [-0.39, 0.29) is 0 Å². The fourth-order valence-corrected chi connectivity index (χ4v) is 3.95. The summed E-state index contributed by atoms with van der Waals surface area (Å²) >= 11 is 3.61. The summed E-state index contributed by atoms with van der Waals surface area (Å²) in [4.78, 5) is 2.51. The predicted octanol–water partition coefficient (Wildman–Crippen LogP) is 4.20. The molecule has 0 fully saturated rings. The van der Waals surface area contributed by atoms with Crippen molar-refractivity contribution in [2.75, 3.05) is 13.6 Å². The zero-order chi connectivity index (χ0) is 13.0. The first-order valence-corrected chi connectivity index (χ1v) is 7.74. The number of hydrogen-bond donors (Lipinski definition) is 0. The van der Waals surface area contributed by atoms with Crippen molar-refractivity contribution >= 4 is 33.0 Å². The molecule has 1 aromatic heterocycles. The Morgan fingerprint density at radius 3 is 3.11 bits per heavy atom. The first kappa shape index (κ1) is 11.7. The minimum atomic E-state index is 0.574. The van der Waals surface area contributed by atoms with Crippen LogP contribution in [0.1, 0.15) is 30.1 Å². The number of allylic oxidation sites excluding steroid dienone is 1. The highest BCUT2D eigenvalue weighted by atomic mass is 79.9. The molecule has 1 aromatic carbocycles. The van der Waals surface area contributed by atoms with E-state index in [1.165, 1.54) is 42.4 Å². The van der Waals surface area contributed by atoms with E-state index in [0.29, 0.717) is 6.04 Å². The standard InChI is InChI=1S/C16H17BrN2/c1-18-9-7-13-12-6-5-11(17)10-15(12)19-8-3-2-4-14(18)16(13)19/h3,5-6,8,10,14H,2,4,7,9H2,1H3/t14-/m0/s1. The molecule has 0 radical (unpaired) electrons. The summed E-state index contributed by atoms with van der Waals surface area (Å²) in [5.74, 6) is 0. The van der Waals surface area contributed by atoms with E-state index in [1.807, 2.05) is 0 Å². The Morgan fingerprint density at radius 2 is 2.21 bits per heavy atom. The molecule has 0 bridgehead atoms. The molecule has 2 nitrogen and oxygen atoms in total. The maximum atomic E-state index is 3.61. The molecule has 0 spiro atoms. The number of fused-ring (bicyclic) bond motifs is 3. The van der Waals surface area contributed by atoms with Gasteiger partial charge in [-0.25, -0.2) is 0 Å². The van der Waals surface area contributed by atoms with Crippen molar-refractivity contribution in [1.29, 1.82) is 0 Å². The van der Waals surface area contributed by atoms with Crippen LogP contribution in [-0.4, -0.2) is 23.1 Å². The number of aromatic nitrogens is 1. The molecule has 0 saturated carbocycles. The Morgan fingerprint density at radius 1 is 1.32 bits per heavy atom. The summed E-state index contributed by atoms with van der Waals surface area (Å²) in [6, 6.07) is 7.26. The molecule has 3 heterocycles. The van der Waals surface area contributed by atoms with Crippen LogP contribution < -0.4 is 0 Å². The van der Waals surface area contributed by atoms with Gasteiger partial charge in [0.1, 0.15) is 0 Å². The van der Waals surface area contributed by atoms with Gasteiger partial charge in [-0.15, -0.1) is 0 Å². The summed E-state index contributed by atoms with van der Waals surface area (Å²) < 4.78 is 3.58. The van der Waals surface area contributed by atoms with Crippen LogP contribution in [0.3, 0.4) is 0 Å². The van der Waals surface area contributed by atoms with E-state index in [0.717, 1.165) is 4.47 Å². The van der Waals surface area contributed by atoms with Crippen LogP contribution in [0.2, 0.25) is 0 Å². The van der Waals surface area contributed by atoms with E-state index < -0.39 is 0 Å². The molecule has 1 atom stereocenters. The molecule has 4 rings (SSSR count). The third kappa shape index (κ3) is 1.65. The van der Waals surface area contributed by atoms with Crippen LogP contribution >= 0.6 is 15.9 Å². The van der Waals surface area contributed by atoms with Gasteiger partial charge in [0, 0.05) is 28.3 Å². The third-order valence-corrected chi connectivity index (χ3v) is 5.03. The highest BCUT2D eigenvalue weighted by Crippen LogP contribution is 2.40. The molecule has 0 amide bonds. The second-order valence-electron chi connectivity index (χ2n) is 5.60. The van der Waals surface area contributed by atoms with Crippen molar-refractivity contribution in [2.45, 2.75) is 25.3 Å². The average Bonchev–Trinajstić information content (AvgIpc) is 2.58. The molecule has 0 aliphatic carbocycles. The summed E-state index contributed by atoms with van der Waals surface area (Å²) in [5.41, 5.74) is 4.44. The van der Waals surface area contributed by atoms with Crippen molar-refractivity contribution < 1.29 is 0 Å². The topological polar surface area (TPSA) is 8.17 Å². The number of likely N-dealkylation sites (N-methyl/N-ethyl adjacent to an activating group) is 1. The zero-order valence-corrected chi connectivity index (χ0v) is 12.7. The lowest BCUT2D eigenvalue weighted by Crippen LogP contribution is -2.32. The van der Waals surface area contributed by atoms with Crippen molar-refractivity contribution in [1.82, 2.24) is 9.47 Å². The molecule has 0 N–H and O–H groups in total. The minimum Gasteiger partial charge on any atom is -0.319 e. The number of nitrogens with zero attached hydrogens (tertiary/aromatic N) is 2. The van der Waals surface area contributed by atoms with Gasteiger partial charge in [-0.2, -0.15) is 0 Å². The maximum Gasteiger partial charge on any atom is 0.0540 e. The largest absolute Gasteiger partial charge is 0.319 e. The summed E-state index contributed by atoms with van der Waals surface area (Å²) in [7, 11) is 2.26. The van der Waals surface area contributed by atoms with Crippen LogP contribution in [-0.2, 0) is 6.42 Å². The van der Waals surface area contributed by atoms with Crippen LogP contribution in [0.5, 0.6) is 0 Å². The van der Waals surface area contributed by atoms with Crippen molar-refractivity contribution in [3.8, 4) is 0 Å². The molecular weight excluding hydrogens is 300 g/mol. The maximum absolute atomic E-state index is 3.61. The van der Waals surface area contributed by atoms with E-state index in [4.69, 9.17) is 0 Å². The van der Waals surface area contributed by atoms with Crippen LogP contribution in [0.15, 0.2) is 28.7 Å². The Labute approximate surface area is 121 Å². The Balaban J connectivity index is 2.10. The molecule has 2 aromatic rings. The second kappa shape index (κ2) is 4.22. The highest BCUT2D eigenvalue weighted by Gasteiger charge is 2.30. The third-order valence-electron chi connectivity index (χ3n) is 4.54. The quantitative estimate of drug-likeness (QED) is 0.707. The Kier molecular flexibility index (Phi) is 2.61. The molecule has 0 unspecified atom stereocenters. The van der Waals surface area contributed by atoms with Crippen molar-refractivity contribution in [2.24, 2.45) is 0 Å². The van der Waals surface area contributed by atoms with Crippen molar-refractivity contribution in [3.63, 3.8) is 0 Å². The van der Waals surface area contributed by atoms with E-state index in [1.54, 1.807) is 5.56 Å². The lowest BCUT2D eigenvalue weighted by molar-refractivity contribution is 0.216. The van der Waals surface area contributed by atoms with Crippen LogP contribution in [0.4, 0.5) is 0 Å². The van der Waals surface area contributed by atoms with Gasteiger partial charge in [0.05, 0.1) is 11.6 Å². The number of benzene rings is 1. The number of rotatable bonds is 0. The second-order valence-corrected chi connectivity index (χ2v) is 6.52. The summed E-state index contributed by atoms with van der Waals surface area (Å²) in [6.45, 7) is 1.17. The first-order valence-electron chi connectivity index (χ1n) is 6.95. The van der Waals surface area contributed by atoms with Gasteiger partial charge in [-0.3, -0.25) is 4.90 Å². The van der Waals surface area contributed by atoms with Crippen LogP contribution in [0.25, 0.3) is 17.1 Å². The van der Waals surface area contributed by atoms with E-state index in [2.05, 4.69) is 62.9 Å². The van der Waals surface area contributed by atoms with Crippen molar-refractivity contribution in [3.05, 3.63) is 40.0 Å². The molecule has 98 valence electrons. The molecule has 2 aliphatic rings. The molecule has 19 heavy (non-hydrogen) atoms. The molecule has 3 heteroatoms. The Bertz CT molecular complexity index is 684.